The summed E-state index contributed by atoms with van der Waals surface area (Å²) in [6.45, 7) is 3.31. The molecule has 8 heteroatoms. The van der Waals surface area contributed by atoms with Gasteiger partial charge in [0.05, 0.1) is 15.7 Å². The van der Waals surface area contributed by atoms with Gasteiger partial charge in [-0.3, -0.25) is 14.7 Å². The minimum absolute atomic E-state index is 0. The van der Waals surface area contributed by atoms with E-state index in [1.54, 1.807) is 24.4 Å². The largest absolute Gasteiger partial charge is 0.324 e. The Morgan fingerprint density at radius 1 is 1.27 bits per heavy atom. The summed E-state index contributed by atoms with van der Waals surface area (Å²) in [4.78, 5) is 18.8. The molecule has 1 aliphatic heterocycles. The van der Waals surface area contributed by atoms with Crippen LogP contribution in [0.5, 0.6) is 0 Å². The summed E-state index contributed by atoms with van der Waals surface area (Å²) >= 11 is 12.2. The highest BCUT2D eigenvalue weighted by Crippen LogP contribution is 2.30. The molecule has 0 radical (unpaired) electrons. The highest BCUT2D eigenvalue weighted by atomic mass is 35.5. The normalized spacial score (nSPS) is 17.4. The van der Waals surface area contributed by atoms with Crippen molar-refractivity contribution >= 4 is 47.2 Å². The van der Waals surface area contributed by atoms with Crippen molar-refractivity contribution in [1.29, 1.82) is 0 Å². The minimum Gasteiger partial charge on any atom is -0.324 e. The number of nitrogens with zero attached hydrogens (tertiary/aromatic N) is 2. The van der Waals surface area contributed by atoms with E-state index in [-0.39, 0.29) is 24.4 Å². The van der Waals surface area contributed by atoms with E-state index >= 15 is 0 Å². The van der Waals surface area contributed by atoms with Crippen molar-refractivity contribution < 1.29 is 4.79 Å². The number of hydrogen-bond acceptors (Lipinski definition) is 4. The first-order chi connectivity index (χ1) is 12.1. The molecule has 1 atom stereocenters. The van der Waals surface area contributed by atoms with Gasteiger partial charge < -0.3 is 10.6 Å². The Hall–Kier alpha value is -1.37. The van der Waals surface area contributed by atoms with Crippen LogP contribution >= 0.6 is 35.6 Å². The Kier molecular flexibility index (Phi) is 8.13. The molecule has 1 fully saturated rings. The molecule has 1 aromatic heterocycles. The Balaban J connectivity index is 0.00000243. The Morgan fingerprint density at radius 3 is 2.73 bits per heavy atom. The maximum absolute atomic E-state index is 12.3. The number of carbonyl (C=O) groups excluding carboxylic acids is 1. The van der Waals surface area contributed by atoms with Gasteiger partial charge in [0.15, 0.2) is 0 Å². The summed E-state index contributed by atoms with van der Waals surface area (Å²) in [5.74, 6) is -0.0986. The summed E-state index contributed by atoms with van der Waals surface area (Å²) in [5, 5.41) is 7.10. The van der Waals surface area contributed by atoms with Gasteiger partial charge in [0.2, 0.25) is 5.91 Å². The lowest BCUT2D eigenvalue weighted by molar-refractivity contribution is -0.116. The van der Waals surface area contributed by atoms with Crippen LogP contribution in [-0.4, -0.2) is 42.0 Å². The summed E-state index contributed by atoms with van der Waals surface area (Å²) in [5.41, 5.74) is 1.63. The molecule has 5 nitrogen and oxygen atoms in total. The quantitative estimate of drug-likeness (QED) is 0.780. The molecule has 1 unspecified atom stereocenters. The molecule has 1 aromatic carbocycles. The van der Waals surface area contributed by atoms with Crippen molar-refractivity contribution in [2.45, 2.75) is 12.5 Å². The fourth-order valence-corrected chi connectivity index (χ4v) is 3.47. The van der Waals surface area contributed by atoms with Gasteiger partial charge in [-0.1, -0.05) is 35.3 Å². The molecule has 1 saturated heterocycles. The molecule has 2 heterocycles. The highest BCUT2D eigenvalue weighted by Gasteiger charge is 2.24. The van der Waals surface area contributed by atoms with E-state index in [2.05, 4.69) is 26.6 Å². The van der Waals surface area contributed by atoms with Crippen molar-refractivity contribution in [2.75, 3.05) is 31.5 Å². The van der Waals surface area contributed by atoms with E-state index in [1.807, 2.05) is 12.3 Å². The Morgan fingerprint density at radius 2 is 2.04 bits per heavy atom. The third-order valence-electron chi connectivity index (χ3n) is 4.28. The molecule has 0 bridgehead atoms. The molecule has 0 aliphatic carbocycles. The lowest BCUT2D eigenvalue weighted by atomic mass is 10.1. The zero-order chi connectivity index (χ0) is 17.6. The van der Waals surface area contributed by atoms with E-state index in [4.69, 9.17) is 23.2 Å². The summed E-state index contributed by atoms with van der Waals surface area (Å²) < 4.78 is 0. The van der Waals surface area contributed by atoms with Crippen LogP contribution in [0.15, 0.2) is 42.7 Å². The second kappa shape index (κ2) is 10.1. The van der Waals surface area contributed by atoms with E-state index in [0.29, 0.717) is 28.7 Å². The van der Waals surface area contributed by atoms with Gasteiger partial charge >= 0.3 is 0 Å². The van der Waals surface area contributed by atoms with E-state index in [1.165, 1.54) is 0 Å². The first-order valence-electron chi connectivity index (χ1n) is 8.23. The molecule has 1 amide bonds. The fourth-order valence-electron chi connectivity index (χ4n) is 2.98. The number of aromatic nitrogens is 1. The number of halogens is 3. The first kappa shape index (κ1) is 20.9. The molecule has 2 N–H and O–H groups in total. The van der Waals surface area contributed by atoms with Crippen LogP contribution in [0.4, 0.5) is 5.69 Å². The number of rotatable bonds is 5. The standard InChI is InChI=1S/C18H20Cl2N4O.ClH/c19-14-4-1-5-15(20)18(14)23-17(25)6-9-24-10-8-22-12-16(24)13-3-2-7-21-11-13;/h1-5,7,11,16,22H,6,8-10,12H2,(H,23,25);1H. The second-order valence-corrected chi connectivity index (χ2v) is 6.75. The van der Waals surface area contributed by atoms with Crippen molar-refractivity contribution in [2.24, 2.45) is 0 Å². The monoisotopic (exact) mass is 414 g/mol. The maximum Gasteiger partial charge on any atom is 0.225 e. The number of benzene rings is 1. The lowest BCUT2D eigenvalue weighted by Gasteiger charge is -2.36. The molecule has 2 aromatic rings. The topological polar surface area (TPSA) is 57.3 Å². The number of para-hydroxylation sites is 1. The van der Waals surface area contributed by atoms with Crippen LogP contribution in [-0.2, 0) is 4.79 Å². The van der Waals surface area contributed by atoms with E-state index in [0.717, 1.165) is 25.2 Å². The molecule has 26 heavy (non-hydrogen) atoms. The van der Waals surface area contributed by atoms with Crippen LogP contribution in [0.25, 0.3) is 0 Å². The molecular weight excluding hydrogens is 395 g/mol. The highest BCUT2D eigenvalue weighted by molar-refractivity contribution is 6.39. The SMILES string of the molecule is Cl.O=C(CCN1CCNCC1c1cccnc1)Nc1c(Cl)cccc1Cl. The third-order valence-corrected chi connectivity index (χ3v) is 4.91. The number of pyridine rings is 1. The van der Waals surface area contributed by atoms with Crippen molar-refractivity contribution in [3.63, 3.8) is 0 Å². The summed E-state index contributed by atoms with van der Waals surface area (Å²) in [7, 11) is 0. The summed E-state index contributed by atoms with van der Waals surface area (Å²) in [6, 6.07) is 9.39. The zero-order valence-electron chi connectivity index (χ0n) is 14.1. The maximum atomic E-state index is 12.3. The zero-order valence-corrected chi connectivity index (χ0v) is 16.4. The van der Waals surface area contributed by atoms with Gasteiger partial charge in [0.1, 0.15) is 0 Å². The number of amides is 1. The van der Waals surface area contributed by atoms with E-state index < -0.39 is 0 Å². The number of anilines is 1. The van der Waals surface area contributed by atoms with Crippen LogP contribution in [0.2, 0.25) is 10.0 Å². The van der Waals surface area contributed by atoms with Gasteiger partial charge in [-0.25, -0.2) is 0 Å². The minimum atomic E-state index is -0.0986. The van der Waals surface area contributed by atoms with Gasteiger partial charge in [0, 0.05) is 51.0 Å². The van der Waals surface area contributed by atoms with Gasteiger partial charge in [-0.2, -0.15) is 0 Å². The predicted octanol–water partition coefficient (Wildman–Crippen LogP) is 3.79. The Labute approximate surface area is 169 Å². The fraction of sp³-hybridized carbons (Fsp3) is 0.333. The number of carbonyl (C=O) groups is 1. The number of nitrogens with one attached hydrogen (secondary N) is 2. The van der Waals surface area contributed by atoms with Gasteiger partial charge in [0.25, 0.3) is 0 Å². The predicted molar refractivity (Wildman–Crippen MR) is 108 cm³/mol. The van der Waals surface area contributed by atoms with Gasteiger partial charge in [-0.05, 0) is 23.8 Å². The molecule has 3 rings (SSSR count). The average Bonchev–Trinajstić information content (AvgIpc) is 2.64. The second-order valence-electron chi connectivity index (χ2n) is 5.94. The van der Waals surface area contributed by atoms with Crippen LogP contribution in [0.1, 0.15) is 18.0 Å². The average molecular weight is 416 g/mol. The van der Waals surface area contributed by atoms with Crippen LogP contribution in [0.3, 0.4) is 0 Å². The van der Waals surface area contributed by atoms with Crippen molar-refractivity contribution in [3.8, 4) is 0 Å². The van der Waals surface area contributed by atoms with Crippen LogP contribution < -0.4 is 10.6 Å². The first-order valence-corrected chi connectivity index (χ1v) is 8.99. The number of hydrogen-bond donors (Lipinski definition) is 2. The van der Waals surface area contributed by atoms with Crippen LogP contribution in [0, 0.1) is 0 Å². The van der Waals surface area contributed by atoms with Gasteiger partial charge in [-0.15, -0.1) is 12.4 Å². The smallest absolute Gasteiger partial charge is 0.225 e. The number of piperazine rings is 1. The molecular formula is C18H21Cl3N4O. The molecule has 0 saturated carbocycles. The van der Waals surface area contributed by atoms with Crippen molar-refractivity contribution in [3.05, 3.63) is 58.3 Å². The lowest BCUT2D eigenvalue weighted by Crippen LogP contribution is -2.46. The molecule has 1 aliphatic rings. The van der Waals surface area contributed by atoms with Crippen molar-refractivity contribution in [1.82, 2.24) is 15.2 Å². The Bertz CT molecular complexity index is 709. The van der Waals surface area contributed by atoms with E-state index in [9.17, 15) is 4.79 Å². The summed E-state index contributed by atoms with van der Waals surface area (Å²) in [6.07, 6.45) is 4.03. The third kappa shape index (κ3) is 5.32. The molecule has 140 valence electrons. The molecule has 0 spiro atoms.